The van der Waals surface area contributed by atoms with Gasteiger partial charge in [-0.2, -0.15) is 0 Å². The van der Waals surface area contributed by atoms with E-state index in [2.05, 4.69) is 10.6 Å². The van der Waals surface area contributed by atoms with E-state index in [1.54, 1.807) is 71.9 Å². The molecule has 0 saturated heterocycles. The van der Waals surface area contributed by atoms with Crippen molar-refractivity contribution in [2.75, 3.05) is 46.1 Å². The number of carbonyl (C=O) groups is 1. The summed E-state index contributed by atoms with van der Waals surface area (Å²) in [6, 6.07) is 8.78. The molecule has 2 aromatic carbocycles. The van der Waals surface area contributed by atoms with Crippen LogP contribution in [0.15, 0.2) is 36.4 Å². The molecule has 0 aromatic heterocycles. The quantitative estimate of drug-likeness (QED) is 0.692. The van der Waals surface area contributed by atoms with Crippen LogP contribution < -0.4 is 29.6 Å². The largest absolute Gasteiger partial charge is 0.496 e. The molecule has 0 unspecified atom stereocenters. The molecular weight excluding hydrogens is 348 g/mol. The van der Waals surface area contributed by atoms with Crippen LogP contribution in [0.25, 0.3) is 6.08 Å². The third kappa shape index (κ3) is 4.84. The average Bonchev–Trinajstić information content (AvgIpc) is 2.71. The Kier molecular flexibility index (Phi) is 6.93. The molecule has 2 N–H and O–H groups in total. The Balaban J connectivity index is 2.22. The van der Waals surface area contributed by atoms with Gasteiger partial charge in [0.1, 0.15) is 23.0 Å². The predicted molar refractivity (Wildman–Crippen MR) is 106 cm³/mol. The van der Waals surface area contributed by atoms with Crippen LogP contribution in [0.2, 0.25) is 0 Å². The molecule has 0 heterocycles. The van der Waals surface area contributed by atoms with Crippen LogP contribution in [0.1, 0.15) is 5.56 Å². The van der Waals surface area contributed by atoms with Gasteiger partial charge >= 0.3 is 0 Å². The monoisotopic (exact) mass is 372 g/mol. The molecule has 0 aliphatic rings. The van der Waals surface area contributed by atoms with Crippen LogP contribution in [0.5, 0.6) is 23.0 Å². The summed E-state index contributed by atoms with van der Waals surface area (Å²) in [4.78, 5) is 12.3. The molecule has 2 rings (SSSR count). The lowest BCUT2D eigenvalue weighted by Gasteiger charge is -2.12. The fourth-order valence-electron chi connectivity index (χ4n) is 2.52. The van der Waals surface area contributed by atoms with Crippen molar-refractivity contribution < 1.29 is 23.7 Å². The summed E-state index contributed by atoms with van der Waals surface area (Å²) in [5.74, 6) is 2.08. The number of hydrogen-bond acceptors (Lipinski definition) is 6. The van der Waals surface area contributed by atoms with Crippen LogP contribution >= 0.6 is 0 Å². The summed E-state index contributed by atoms with van der Waals surface area (Å²) >= 11 is 0. The van der Waals surface area contributed by atoms with Gasteiger partial charge in [0.15, 0.2) is 0 Å². The lowest BCUT2D eigenvalue weighted by Crippen LogP contribution is -2.08. The Morgan fingerprint density at radius 2 is 1.52 bits per heavy atom. The molecule has 0 saturated carbocycles. The maximum atomic E-state index is 12.3. The normalized spacial score (nSPS) is 10.4. The van der Waals surface area contributed by atoms with E-state index in [1.165, 1.54) is 6.08 Å². The predicted octanol–water partition coefficient (Wildman–Crippen LogP) is 3.41. The molecule has 144 valence electrons. The maximum absolute atomic E-state index is 12.3. The van der Waals surface area contributed by atoms with Crippen LogP contribution in [0.3, 0.4) is 0 Å². The van der Waals surface area contributed by atoms with Gasteiger partial charge in [-0.05, 0) is 24.3 Å². The van der Waals surface area contributed by atoms with Gasteiger partial charge in [0.05, 0.1) is 39.7 Å². The Bertz CT molecular complexity index is 808. The Hall–Kier alpha value is -3.35. The summed E-state index contributed by atoms with van der Waals surface area (Å²) in [5, 5.41) is 5.83. The molecule has 0 aliphatic heterocycles. The first-order valence-corrected chi connectivity index (χ1v) is 8.21. The van der Waals surface area contributed by atoms with Crippen molar-refractivity contribution in [3.8, 4) is 23.0 Å². The van der Waals surface area contributed by atoms with Crippen LogP contribution in [0.4, 0.5) is 11.4 Å². The molecule has 0 spiro atoms. The zero-order chi connectivity index (χ0) is 19.8. The van der Waals surface area contributed by atoms with Crippen molar-refractivity contribution in [1.29, 1.82) is 0 Å². The smallest absolute Gasteiger partial charge is 0.248 e. The number of nitrogens with one attached hydrogen (secondary N) is 2. The van der Waals surface area contributed by atoms with E-state index in [0.29, 0.717) is 34.2 Å². The molecule has 2 aromatic rings. The fourth-order valence-corrected chi connectivity index (χ4v) is 2.52. The third-order valence-electron chi connectivity index (χ3n) is 3.89. The van der Waals surface area contributed by atoms with E-state index >= 15 is 0 Å². The van der Waals surface area contributed by atoms with Gasteiger partial charge < -0.3 is 29.6 Å². The topological polar surface area (TPSA) is 78.1 Å². The molecule has 0 bridgehead atoms. The minimum absolute atomic E-state index is 0.290. The molecule has 0 aliphatic carbocycles. The van der Waals surface area contributed by atoms with Crippen molar-refractivity contribution in [1.82, 2.24) is 0 Å². The molecule has 27 heavy (non-hydrogen) atoms. The van der Waals surface area contributed by atoms with Crippen LogP contribution in [-0.2, 0) is 4.79 Å². The second kappa shape index (κ2) is 9.38. The van der Waals surface area contributed by atoms with E-state index in [0.717, 1.165) is 5.69 Å². The first-order valence-electron chi connectivity index (χ1n) is 8.21. The second-order valence-electron chi connectivity index (χ2n) is 5.43. The molecular formula is C20H24N2O5. The SMILES string of the molecule is CNc1cc(NC(=O)/C=C/c2c(OC)cc(OC)cc2OC)ccc1OC. The highest BCUT2D eigenvalue weighted by Gasteiger charge is 2.11. The van der Waals surface area contributed by atoms with E-state index < -0.39 is 0 Å². The minimum Gasteiger partial charge on any atom is -0.496 e. The van der Waals surface area contributed by atoms with Crippen molar-refractivity contribution in [3.63, 3.8) is 0 Å². The van der Waals surface area contributed by atoms with E-state index in [-0.39, 0.29) is 5.91 Å². The van der Waals surface area contributed by atoms with E-state index in [9.17, 15) is 4.79 Å². The van der Waals surface area contributed by atoms with Crippen molar-refractivity contribution >= 4 is 23.4 Å². The standard InChI is InChI=1S/C20H24N2O5/c1-21-16-10-13(6-8-17(16)25-3)22-20(23)9-7-15-18(26-4)11-14(24-2)12-19(15)27-5/h6-12,21H,1-5H3,(H,22,23)/b9-7+. The van der Waals surface area contributed by atoms with E-state index in [4.69, 9.17) is 18.9 Å². The lowest BCUT2D eigenvalue weighted by atomic mass is 10.1. The molecule has 7 nitrogen and oxygen atoms in total. The van der Waals surface area contributed by atoms with Gasteiger partial charge in [-0.3, -0.25) is 4.79 Å². The number of methoxy groups -OCH3 is 4. The number of hydrogen-bond donors (Lipinski definition) is 2. The summed E-state index contributed by atoms with van der Waals surface area (Å²) in [5.41, 5.74) is 2.06. The average molecular weight is 372 g/mol. The highest BCUT2D eigenvalue weighted by Crippen LogP contribution is 2.35. The third-order valence-corrected chi connectivity index (χ3v) is 3.89. The second-order valence-corrected chi connectivity index (χ2v) is 5.43. The van der Waals surface area contributed by atoms with Crippen molar-refractivity contribution in [2.45, 2.75) is 0 Å². The number of ether oxygens (including phenoxy) is 4. The van der Waals surface area contributed by atoms with Gasteiger partial charge in [0.25, 0.3) is 0 Å². The zero-order valence-corrected chi connectivity index (χ0v) is 16.1. The van der Waals surface area contributed by atoms with Gasteiger partial charge in [0.2, 0.25) is 5.91 Å². The summed E-state index contributed by atoms with van der Waals surface area (Å²) in [6.07, 6.45) is 3.05. The van der Waals surface area contributed by atoms with Crippen LogP contribution in [0, 0.1) is 0 Å². The molecule has 1 amide bonds. The Labute approximate surface area is 158 Å². The number of amides is 1. The number of anilines is 2. The molecule has 0 fully saturated rings. The van der Waals surface area contributed by atoms with Gasteiger partial charge in [-0.25, -0.2) is 0 Å². The minimum atomic E-state index is -0.290. The molecule has 7 heteroatoms. The van der Waals surface area contributed by atoms with E-state index in [1.807, 2.05) is 0 Å². The highest BCUT2D eigenvalue weighted by atomic mass is 16.5. The first kappa shape index (κ1) is 20.0. The summed E-state index contributed by atoms with van der Waals surface area (Å²) < 4.78 is 21.2. The van der Waals surface area contributed by atoms with Crippen LogP contribution in [-0.4, -0.2) is 41.4 Å². The molecule has 0 atom stereocenters. The van der Waals surface area contributed by atoms with Gasteiger partial charge in [-0.15, -0.1) is 0 Å². The summed E-state index contributed by atoms with van der Waals surface area (Å²) in [7, 11) is 8.02. The Morgan fingerprint density at radius 1 is 0.889 bits per heavy atom. The summed E-state index contributed by atoms with van der Waals surface area (Å²) in [6.45, 7) is 0. The maximum Gasteiger partial charge on any atom is 0.248 e. The molecule has 0 radical (unpaired) electrons. The Morgan fingerprint density at radius 3 is 2.04 bits per heavy atom. The first-order chi connectivity index (χ1) is 13.1. The lowest BCUT2D eigenvalue weighted by molar-refractivity contribution is -0.111. The number of carbonyl (C=O) groups excluding carboxylic acids is 1. The van der Waals surface area contributed by atoms with Crippen molar-refractivity contribution in [2.24, 2.45) is 0 Å². The number of benzene rings is 2. The van der Waals surface area contributed by atoms with Crippen molar-refractivity contribution in [3.05, 3.63) is 42.0 Å². The van der Waals surface area contributed by atoms with Gasteiger partial charge in [0, 0.05) is 30.9 Å². The fraction of sp³-hybridized carbons (Fsp3) is 0.250. The number of rotatable bonds is 8. The zero-order valence-electron chi connectivity index (χ0n) is 16.1. The van der Waals surface area contributed by atoms with Gasteiger partial charge in [-0.1, -0.05) is 0 Å². The highest BCUT2D eigenvalue weighted by molar-refractivity contribution is 6.02.